The molecule has 0 fully saturated rings. The lowest BCUT2D eigenvalue weighted by Gasteiger charge is -1.97. The van der Waals surface area contributed by atoms with Crippen LogP contribution in [0.4, 0.5) is 0 Å². The molecule has 0 saturated carbocycles. The number of aromatic amines is 1. The molecule has 5 heteroatoms. The van der Waals surface area contributed by atoms with Gasteiger partial charge in [0.2, 0.25) is 0 Å². The van der Waals surface area contributed by atoms with Crippen molar-refractivity contribution in [3.05, 3.63) is 33.8 Å². The molecule has 0 radical (unpaired) electrons. The van der Waals surface area contributed by atoms with E-state index in [1.807, 2.05) is 19.9 Å². The van der Waals surface area contributed by atoms with Crippen molar-refractivity contribution in [2.24, 2.45) is 0 Å². The lowest BCUT2D eigenvalue weighted by atomic mass is 10.3. The third-order valence-electron chi connectivity index (χ3n) is 2.02. The molecular weight excluding hydrogens is 208 g/mol. The average molecular weight is 224 g/mol. The molecule has 1 heterocycles. The highest BCUT2D eigenvalue weighted by molar-refractivity contribution is 5.88. The summed E-state index contributed by atoms with van der Waals surface area (Å²) in [6, 6.07) is 0. The van der Waals surface area contributed by atoms with Gasteiger partial charge in [-0.15, -0.1) is 0 Å². The van der Waals surface area contributed by atoms with Crippen molar-refractivity contribution in [3.63, 3.8) is 0 Å². The number of aromatic nitrogens is 2. The molecule has 0 bridgehead atoms. The van der Waals surface area contributed by atoms with Gasteiger partial charge in [0.25, 0.3) is 5.56 Å². The molecule has 0 saturated heterocycles. The maximum Gasteiger partial charge on any atom is 0.345 e. The van der Waals surface area contributed by atoms with E-state index < -0.39 is 5.97 Å². The molecule has 1 aromatic heterocycles. The molecule has 1 aromatic rings. The summed E-state index contributed by atoms with van der Waals surface area (Å²) in [6.45, 7) is 6.28. The van der Waals surface area contributed by atoms with Crippen molar-refractivity contribution in [1.29, 1.82) is 0 Å². The van der Waals surface area contributed by atoms with E-state index in [4.69, 9.17) is 4.74 Å². The summed E-state index contributed by atoms with van der Waals surface area (Å²) in [4.78, 5) is 23.0. The first kappa shape index (κ1) is 12.3. The molecule has 0 spiro atoms. The predicted molar refractivity (Wildman–Crippen MR) is 60.4 cm³/mol. The lowest BCUT2D eigenvalue weighted by Crippen LogP contribution is -2.22. The van der Waals surface area contributed by atoms with E-state index in [2.05, 4.69) is 5.10 Å². The van der Waals surface area contributed by atoms with Crippen LogP contribution in [0.5, 0.6) is 0 Å². The van der Waals surface area contributed by atoms with Gasteiger partial charge in [-0.3, -0.25) is 4.79 Å². The number of carbonyl (C=O) groups is 1. The van der Waals surface area contributed by atoms with E-state index in [-0.39, 0.29) is 17.7 Å². The van der Waals surface area contributed by atoms with E-state index in [1.54, 1.807) is 6.92 Å². The SMILES string of the molecule is CCOC(=O)c1c[nH]n(CC=C(C)C)c1=O. The first-order valence-corrected chi connectivity index (χ1v) is 5.15. The van der Waals surface area contributed by atoms with Crippen LogP contribution in [0.25, 0.3) is 0 Å². The molecule has 0 aliphatic carbocycles. The molecule has 1 N–H and O–H groups in total. The Morgan fingerprint density at radius 3 is 2.81 bits per heavy atom. The standard InChI is InChI=1S/C11H16N2O3/c1-4-16-11(15)9-7-12-13(10(9)14)6-5-8(2)3/h5,7,12H,4,6H2,1-3H3. The minimum absolute atomic E-state index is 0.0454. The summed E-state index contributed by atoms with van der Waals surface area (Å²) >= 11 is 0. The smallest absolute Gasteiger partial charge is 0.345 e. The maximum absolute atomic E-state index is 11.7. The van der Waals surface area contributed by atoms with E-state index >= 15 is 0 Å². The topological polar surface area (TPSA) is 64.1 Å². The summed E-state index contributed by atoms with van der Waals surface area (Å²) in [5.74, 6) is -0.584. The van der Waals surface area contributed by atoms with Gasteiger partial charge in [-0.1, -0.05) is 11.6 Å². The molecule has 0 aliphatic heterocycles. The zero-order valence-corrected chi connectivity index (χ0v) is 9.74. The van der Waals surface area contributed by atoms with Crippen LogP contribution in [0.1, 0.15) is 31.1 Å². The van der Waals surface area contributed by atoms with Gasteiger partial charge in [0.05, 0.1) is 13.2 Å². The Kier molecular flexibility index (Phi) is 4.10. The number of allylic oxidation sites excluding steroid dienone is 2. The molecule has 16 heavy (non-hydrogen) atoms. The number of ether oxygens (including phenoxy) is 1. The van der Waals surface area contributed by atoms with E-state index in [9.17, 15) is 9.59 Å². The van der Waals surface area contributed by atoms with Crippen LogP contribution in [0.15, 0.2) is 22.6 Å². The quantitative estimate of drug-likeness (QED) is 0.619. The molecule has 88 valence electrons. The molecule has 0 aromatic carbocycles. The normalized spacial score (nSPS) is 9.94. The number of rotatable bonds is 4. The van der Waals surface area contributed by atoms with Gasteiger partial charge >= 0.3 is 5.97 Å². The second-order valence-corrected chi connectivity index (χ2v) is 3.60. The van der Waals surface area contributed by atoms with Crippen LogP contribution in [0.3, 0.4) is 0 Å². The van der Waals surface area contributed by atoms with Crippen LogP contribution < -0.4 is 5.56 Å². The van der Waals surface area contributed by atoms with Crippen LogP contribution in [-0.2, 0) is 11.3 Å². The number of carbonyl (C=O) groups excluding carboxylic acids is 1. The van der Waals surface area contributed by atoms with Crippen molar-refractivity contribution in [2.75, 3.05) is 6.61 Å². The van der Waals surface area contributed by atoms with E-state index in [0.717, 1.165) is 5.57 Å². The van der Waals surface area contributed by atoms with Gasteiger partial charge < -0.3 is 9.84 Å². The summed E-state index contributed by atoms with van der Waals surface area (Å²) in [5.41, 5.74) is 0.805. The fourth-order valence-corrected chi connectivity index (χ4v) is 1.17. The Bertz CT molecular complexity index is 450. The van der Waals surface area contributed by atoms with Crippen LogP contribution >= 0.6 is 0 Å². The van der Waals surface area contributed by atoms with Crippen molar-refractivity contribution in [2.45, 2.75) is 27.3 Å². The van der Waals surface area contributed by atoms with Crippen LogP contribution in [0, 0.1) is 0 Å². The maximum atomic E-state index is 11.7. The molecule has 0 amide bonds. The first-order chi connectivity index (χ1) is 7.56. The number of hydrogen-bond acceptors (Lipinski definition) is 3. The largest absolute Gasteiger partial charge is 0.462 e. The first-order valence-electron chi connectivity index (χ1n) is 5.15. The van der Waals surface area contributed by atoms with Gasteiger partial charge in [-0.05, 0) is 20.8 Å². The molecule has 1 rings (SSSR count). The summed E-state index contributed by atoms with van der Waals surface area (Å²) < 4.78 is 6.12. The third kappa shape index (κ3) is 2.85. The highest BCUT2D eigenvalue weighted by atomic mass is 16.5. The molecule has 0 atom stereocenters. The Labute approximate surface area is 93.7 Å². The van der Waals surface area contributed by atoms with E-state index in [0.29, 0.717) is 6.54 Å². The fraction of sp³-hybridized carbons (Fsp3) is 0.455. The second-order valence-electron chi connectivity index (χ2n) is 3.60. The zero-order valence-electron chi connectivity index (χ0n) is 9.74. The number of H-pyrrole nitrogens is 1. The molecule has 5 nitrogen and oxygen atoms in total. The van der Waals surface area contributed by atoms with Crippen LogP contribution in [0.2, 0.25) is 0 Å². The monoisotopic (exact) mass is 224 g/mol. The van der Waals surface area contributed by atoms with Gasteiger partial charge in [0, 0.05) is 6.20 Å². The molecule has 0 aliphatic rings. The number of nitrogens with one attached hydrogen (secondary N) is 1. The highest BCUT2D eigenvalue weighted by Gasteiger charge is 2.14. The minimum Gasteiger partial charge on any atom is -0.462 e. The molecular formula is C11H16N2O3. The number of esters is 1. The Balaban J connectivity index is 2.89. The second kappa shape index (κ2) is 5.34. The van der Waals surface area contributed by atoms with Crippen molar-refractivity contribution in [1.82, 2.24) is 9.78 Å². The summed E-state index contributed by atoms with van der Waals surface area (Å²) in [7, 11) is 0. The van der Waals surface area contributed by atoms with Gasteiger partial charge in [-0.2, -0.15) is 0 Å². The third-order valence-corrected chi connectivity index (χ3v) is 2.02. The van der Waals surface area contributed by atoms with Crippen molar-refractivity contribution in [3.8, 4) is 0 Å². The Hall–Kier alpha value is -1.78. The highest BCUT2D eigenvalue weighted by Crippen LogP contribution is 1.95. The van der Waals surface area contributed by atoms with Crippen molar-refractivity contribution < 1.29 is 9.53 Å². The van der Waals surface area contributed by atoms with Gasteiger partial charge in [0.1, 0.15) is 5.56 Å². The predicted octanol–water partition coefficient (Wildman–Crippen LogP) is 1.32. The summed E-state index contributed by atoms with van der Waals surface area (Å²) in [5, 5.41) is 2.73. The number of nitrogens with zero attached hydrogens (tertiary/aromatic N) is 1. The van der Waals surface area contributed by atoms with Gasteiger partial charge in [-0.25, -0.2) is 9.48 Å². The zero-order chi connectivity index (χ0) is 12.1. The molecule has 0 unspecified atom stereocenters. The number of hydrogen-bond donors (Lipinski definition) is 1. The van der Waals surface area contributed by atoms with Crippen LogP contribution in [-0.4, -0.2) is 22.4 Å². The van der Waals surface area contributed by atoms with Gasteiger partial charge in [0.15, 0.2) is 0 Å². The van der Waals surface area contributed by atoms with E-state index in [1.165, 1.54) is 10.9 Å². The fourth-order valence-electron chi connectivity index (χ4n) is 1.17. The Morgan fingerprint density at radius 1 is 1.56 bits per heavy atom. The lowest BCUT2D eigenvalue weighted by molar-refractivity contribution is 0.0524. The average Bonchev–Trinajstić information content (AvgIpc) is 2.57. The summed E-state index contributed by atoms with van der Waals surface area (Å²) in [6.07, 6.45) is 3.27. The Morgan fingerprint density at radius 2 is 2.25 bits per heavy atom. The minimum atomic E-state index is -0.584. The van der Waals surface area contributed by atoms with Crippen molar-refractivity contribution >= 4 is 5.97 Å².